The van der Waals surface area contributed by atoms with E-state index in [-0.39, 0.29) is 11.9 Å². The SMILES string of the molecule is N#Cc1ccc(C(=O)N2CCC[C@@H]2c2noc3ccccc23)cc1. The second-order valence-electron chi connectivity index (χ2n) is 5.91. The summed E-state index contributed by atoms with van der Waals surface area (Å²) in [6.07, 6.45) is 1.81. The molecule has 1 fully saturated rings. The summed E-state index contributed by atoms with van der Waals surface area (Å²) in [5.74, 6) is -0.0333. The van der Waals surface area contributed by atoms with Crippen molar-refractivity contribution in [1.82, 2.24) is 10.1 Å². The van der Waals surface area contributed by atoms with Crippen LogP contribution in [0.4, 0.5) is 0 Å². The molecule has 0 unspecified atom stereocenters. The minimum atomic E-state index is -0.0724. The molecule has 1 aromatic heterocycles. The first-order chi connectivity index (χ1) is 11.8. The molecule has 24 heavy (non-hydrogen) atoms. The number of carbonyl (C=O) groups is 1. The van der Waals surface area contributed by atoms with Crippen LogP contribution >= 0.6 is 0 Å². The minimum absolute atomic E-state index is 0.0333. The molecule has 1 saturated heterocycles. The molecule has 0 bridgehead atoms. The zero-order valence-corrected chi connectivity index (χ0v) is 13.0. The van der Waals surface area contributed by atoms with Crippen molar-refractivity contribution in [2.75, 3.05) is 6.54 Å². The highest BCUT2D eigenvalue weighted by Crippen LogP contribution is 2.36. The second-order valence-corrected chi connectivity index (χ2v) is 5.91. The Hall–Kier alpha value is -3.13. The first-order valence-corrected chi connectivity index (χ1v) is 7.93. The highest BCUT2D eigenvalue weighted by Gasteiger charge is 2.33. The number of amides is 1. The van der Waals surface area contributed by atoms with Crippen LogP contribution in [-0.2, 0) is 0 Å². The number of carbonyl (C=O) groups excluding carboxylic acids is 1. The second kappa shape index (κ2) is 5.82. The quantitative estimate of drug-likeness (QED) is 0.723. The number of likely N-dealkylation sites (tertiary alicyclic amines) is 1. The van der Waals surface area contributed by atoms with Gasteiger partial charge in [-0.3, -0.25) is 4.79 Å². The highest BCUT2D eigenvalue weighted by molar-refractivity contribution is 5.95. The van der Waals surface area contributed by atoms with Crippen molar-refractivity contribution in [2.24, 2.45) is 0 Å². The topological polar surface area (TPSA) is 70.1 Å². The lowest BCUT2D eigenvalue weighted by Gasteiger charge is -2.23. The van der Waals surface area contributed by atoms with Gasteiger partial charge in [-0.15, -0.1) is 0 Å². The molecule has 118 valence electrons. The molecule has 1 atom stereocenters. The van der Waals surface area contributed by atoms with E-state index in [9.17, 15) is 4.79 Å². The first-order valence-electron chi connectivity index (χ1n) is 7.93. The standard InChI is InChI=1S/C19H15N3O2/c20-12-13-7-9-14(10-8-13)19(23)22-11-3-5-16(22)18-15-4-1-2-6-17(15)24-21-18/h1-2,4,6-10,16H,3,5,11H2/t16-/m1/s1. The predicted octanol–water partition coefficient (Wildman–Crippen LogP) is 3.68. The maximum absolute atomic E-state index is 12.9. The third-order valence-corrected chi connectivity index (χ3v) is 4.50. The van der Waals surface area contributed by atoms with Gasteiger partial charge in [0, 0.05) is 17.5 Å². The summed E-state index contributed by atoms with van der Waals surface area (Å²) in [4.78, 5) is 14.7. The van der Waals surface area contributed by atoms with E-state index in [0.29, 0.717) is 17.7 Å². The lowest BCUT2D eigenvalue weighted by atomic mass is 10.1. The molecule has 2 aromatic carbocycles. The molecule has 1 amide bonds. The maximum atomic E-state index is 12.9. The number of nitrogens with zero attached hydrogens (tertiary/aromatic N) is 3. The van der Waals surface area contributed by atoms with Crippen LogP contribution in [0.3, 0.4) is 0 Å². The van der Waals surface area contributed by atoms with E-state index in [0.717, 1.165) is 29.5 Å². The molecule has 3 aromatic rings. The van der Waals surface area contributed by atoms with Gasteiger partial charge in [0.15, 0.2) is 5.58 Å². The van der Waals surface area contributed by atoms with Crippen LogP contribution in [-0.4, -0.2) is 22.5 Å². The lowest BCUT2D eigenvalue weighted by molar-refractivity contribution is 0.0732. The van der Waals surface area contributed by atoms with Gasteiger partial charge in [-0.1, -0.05) is 17.3 Å². The van der Waals surface area contributed by atoms with Crippen LogP contribution < -0.4 is 0 Å². The van der Waals surface area contributed by atoms with Crippen LogP contribution in [0.1, 0.15) is 40.5 Å². The Bertz CT molecular complexity index is 937. The van der Waals surface area contributed by atoms with Crippen LogP contribution in [0.5, 0.6) is 0 Å². The molecular weight excluding hydrogens is 302 g/mol. The first kappa shape index (κ1) is 14.5. The molecule has 1 aliphatic rings. The number of aromatic nitrogens is 1. The van der Waals surface area contributed by atoms with Gasteiger partial charge >= 0.3 is 0 Å². The Balaban J connectivity index is 1.67. The lowest BCUT2D eigenvalue weighted by Crippen LogP contribution is -2.30. The molecule has 4 rings (SSSR count). The van der Waals surface area contributed by atoms with Crippen molar-refractivity contribution in [3.05, 3.63) is 65.4 Å². The zero-order valence-electron chi connectivity index (χ0n) is 13.0. The van der Waals surface area contributed by atoms with E-state index >= 15 is 0 Å². The van der Waals surface area contributed by atoms with Crippen molar-refractivity contribution >= 4 is 16.9 Å². The van der Waals surface area contributed by atoms with Gasteiger partial charge in [-0.25, -0.2) is 0 Å². The van der Waals surface area contributed by atoms with Gasteiger partial charge in [-0.2, -0.15) is 5.26 Å². The number of rotatable bonds is 2. The van der Waals surface area contributed by atoms with E-state index < -0.39 is 0 Å². The normalized spacial score (nSPS) is 17.1. The molecule has 5 nitrogen and oxygen atoms in total. The van der Waals surface area contributed by atoms with Crippen LogP contribution in [0, 0.1) is 11.3 Å². The molecule has 0 radical (unpaired) electrons. The Kier molecular flexibility index (Phi) is 3.51. The van der Waals surface area contributed by atoms with Gasteiger partial charge in [-0.05, 0) is 49.2 Å². The number of hydrogen-bond acceptors (Lipinski definition) is 4. The molecule has 0 N–H and O–H groups in total. The molecule has 0 saturated carbocycles. The Morgan fingerprint density at radius 1 is 1.21 bits per heavy atom. The fourth-order valence-corrected chi connectivity index (χ4v) is 3.29. The number of benzene rings is 2. The van der Waals surface area contributed by atoms with Gasteiger partial charge in [0.1, 0.15) is 5.69 Å². The van der Waals surface area contributed by atoms with E-state index in [4.69, 9.17) is 9.78 Å². The van der Waals surface area contributed by atoms with Gasteiger partial charge in [0.25, 0.3) is 5.91 Å². The highest BCUT2D eigenvalue weighted by atomic mass is 16.5. The average Bonchev–Trinajstić information content (AvgIpc) is 3.27. The Labute approximate surface area is 139 Å². The zero-order chi connectivity index (χ0) is 16.5. The van der Waals surface area contributed by atoms with E-state index in [2.05, 4.69) is 11.2 Å². The van der Waals surface area contributed by atoms with Gasteiger partial charge < -0.3 is 9.42 Å². The molecule has 5 heteroatoms. The summed E-state index contributed by atoms with van der Waals surface area (Å²) in [6.45, 7) is 0.699. The van der Waals surface area contributed by atoms with Crippen LogP contribution in [0.2, 0.25) is 0 Å². The minimum Gasteiger partial charge on any atom is -0.356 e. The van der Waals surface area contributed by atoms with Crippen molar-refractivity contribution in [1.29, 1.82) is 5.26 Å². The van der Waals surface area contributed by atoms with E-state index in [1.54, 1.807) is 24.3 Å². The number of fused-ring (bicyclic) bond motifs is 1. The van der Waals surface area contributed by atoms with Gasteiger partial charge in [0.2, 0.25) is 0 Å². The monoisotopic (exact) mass is 317 g/mol. The predicted molar refractivity (Wildman–Crippen MR) is 88.2 cm³/mol. The van der Waals surface area contributed by atoms with Gasteiger partial charge in [0.05, 0.1) is 17.7 Å². The summed E-state index contributed by atoms with van der Waals surface area (Å²) in [7, 11) is 0. The summed E-state index contributed by atoms with van der Waals surface area (Å²) in [5.41, 5.74) is 2.70. The smallest absolute Gasteiger partial charge is 0.254 e. The largest absolute Gasteiger partial charge is 0.356 e. The summed E-state index contributed by atoms with van der Waals surface area (Å²) >= 11 is 0. The Morgan fingerprint density at radius 2 is 2.00 bits per heavy atom. The molecule has 0 spiro atoms. The fraction of sp³-hybridized carbons (Fsp3) is 0.211. The van der Waals surface area contributed by atoms with Crippen LogP contribution in [0.25, 0.3) is 11.0 Å². The summed E-state index contributed by atoms with van der Waals surface area (Å²) in [6, 6.07) is 16.5. The molecular formula is C19H15N3O2. The van der Waals surface area contributed by atoms with E-state index in [1.807, 2.05) is 29.2 Å². The summed E-state index contributed by atoms with van der Waals surface area (Å²) < 4.78 is 5.40. The number of hydrogen-bond donors (Lipinski definition) is 0. The van der Waals surface area contributed by atoms with E-state index in [1.165, 1.54) is 0 Å². The number of para-hydroxylation sites is 1. The average molecular weight is 317 g/mol. The van der Waals surface area contributed by atoms with Crippen molar-refractivity contribution in [3.63, 3.8) is 0 Å². The maximum Gasteiger partial charge on any atom is 0.254 e. The molecule has 2 heterocycles. The third kappa shape index (κ3) is 2.33. The van der Waals surface area contributed by atoms with Crippen molar-refractivity contribution in [2.45, 2.75) is 18.9 Å². The van der Waals surface area contributed by atoms with Crippen molar-refractivity contribution in [3.8, 4) is 6.07 Å². The molecule has 1 aliphatic heterocycles. The molecule has 0 aliphatic carbocycles. The number of nitriles is 1. The Morgan fingerprint density at radius 3 is 2.79 bits per heavy atom. The third-order valence-electron chi connectivity index (χ3n) is 4.50. The van der Waals surface area contributed by atoms with Crippen molar-refractivity contribution < 1.29 is 9.32 Å². The fourth-order valence-electron chi connectivity index (χ4n) is 3.29. The van der Waals surface area contributed by atoms with Crippen LogP contribution in [0.15, 0.2) is 53.1 Å². The summed E-state index contributed by atoms with van der Waals surface area (Å²) in [5, 5.41) is 14.1.